The summed E-state index contributed by atoms with van der Waals surface area (Å²) in [6.07, 6.45) is 6.14. The number of nitrogens with zero attached hydrogens (tertiary/aromatic N) is 1. The molecule has 1 aromatic rings. The third kappa shape index (κ3) is 1.44. The fourth-order valence-electron chi connectivity index (χ4n) is 2.92. The quantitative estimate of drug-likeness (QED) is 0.775. The fourth-order valence-corrected chi connectivity index (χ4v) is 2.92. The van der Waals surface area contributed by atoms with E-state index in [-0.39, 0.29) is 5.41 Å². The van der Waals surface area contributed by atoms with Crippen molar-refractivity contribution in [3.8, 4) is 0 Å². The van der Waals surface area contributed by atoms with Crippen LogP contribution in [-0.2, 0) is 5.41 Å². The Bertz CT molecular complexity index is 308. The van der Waals surface area contributed by atoms with Gasteiger partial charge in [0.2, 0.25) is 0 Å². The highest BCUT2D eigenvalue weighted by Crippen LogP contribution is 2.54. The van der Waals surface area contributed by atoms with E-state index in [1.54, 1.807) is 0 Å². The van der Waals surface area contributed by atoms with Crippen LogP contribution in [0.3, 0.4) is 0 Å². The second-order valence-corrected chi connectivity index (χ2v) is 5.24. The molecule has 2 rings (SSSR count). The van der Waals surface area contributed by atoms with Crippen molar-refractivity contribution < 1.29 is 0 Å². The van der Waals surface area contributed by atoms with Crippen molar-refractivity contribution in [3.63, 3.8) is 0 Å². The summed E-state index contributed by atoms with van der Waals surface area (Å²) in [4.78, 5) is 4.17. The van der Waals surface area contributed by atoms with Gasteiger partial charge in [0.25, 0.3) is 0 Å². The molecule has 0 spiro atoms. The number of hydrogen-bond donors (Lipinski definition) is 1. The molecule has 1 aliphatic carbocycles. The molecule has 1 fully saturated rings. The van der Waals surface area contributed by atoms with E-state index < -0.39 is 0 Å². The predicted molar refractivity (Wildman–Crippen MR) is 58.0 cm³/mol. The van der Waals surface area contributed by atoms with E-state index in [9.17, 15) is 0 Å². The van der Waals surface area contributed by atoms with Crippen LogP contribution in [0.5, 0.6) is 0 Å². The maximum atomic E-state index is 5.89. The van der Waals surface area contributed by atoms with Gasteiger partial charge in [-0.3, -0.25) is 4.98 Å². The molecule has 1 aliphatic rings. The normalized spacial score (nSPS) is 22.8. The Morgan fingerprint density at radius 3 is 2.57 bits per heavy atom. The highest BCUT2D eigenvalue weighted by atomic mass is 14.7. The number of hydrogen-bond acceptors (Lipinski definition) is 2. The first-order valence-electron chi connectivity index (χ1n) is 5.19. The van der Waals surface area contributed by atoms with Gasteiger partial charge in [-0.2, -0.15) is 0 Å². The summed E-state index contributed by atoms with van der Waals surface area (Å²) in [6.45, 7) is 5.34. The molecule has 14 heavy (non-hydrogen) atoms. The summed E-state index contributed by atoms with van der Waals surface area (Å²) in [5.41, 5.74) is 7.86. The summed E-state index contributed by atoms with van der Waals surface area (Å²) >= 11 is 0. The molecule has 0 saturated heterocycles. The van der Waals surface area contributed by atoms with Gasteiger partial charge in [0, 0.05) is 24.4 Å². The van der Waals surface area contributed by atoms with Crippen LogP contribution in [0.1, 0.15) is 32.3 Å². The highest BCUT2D eigenvalue weighted by Gasteiger charge is 2.49. The summed E-state index contributed by atoms with van der Waals surface area (Å²) in [7, 11) is 0. The lowest BCUT2D eigenvalue weighted by Crippen LogP contribution is -2.51. The minimum Gasteiger partial charge on any atom is -0.330 e. The Hall–Kier alpha value is -0.890. The fraction of sp³-hybridized carbons (Fsp3) is 0.583. The molecule has 1 saturated carbocycles. The Kier molecular flexibility index (Phi) is 2.11. The van der Waals surface area contributed by atoms with Crippen molar-refractivity contribution in [2.24, 2.45) is 11.1 Å². The van der Waals surface area contributed by atoms with Crippen molar-refractivity contribution >= 4 is 0 Å². The van der Waals surface area contributed by atoms with Crippen molar-refractivity contribution in [2.75, 3.05) is 6.54 Å². The van der Waals surface area contributed by atoms with Gasteiger partial charge >= 0.3 is 0 Å². The van der Waals surface area contributed by atoms with Gasteiger partial charge in [-0.05, 0) is 29.9 Å². The highest BCUT2D eigenvalue weighted by molar-refractivity contribution is 5.28. The van der Waals surface area contributed by atoms with E-state index in [0.717, 1.165) is 6.54 Å². The smallest absolute Gasteiger partial charge is 0.0306 e. The standard InChI is InChI=1S/C12H18N2/c1-11(2)7-12(8-11,9-13)10-4-3-5-14-6-10/h3-6H,7-9,13H2,1-2H3. The lowest BCUT2D eigenvalue weighted by Gasteiger charge is -2.53. The molecule has 1 heterocycles. The van der Waals surface area contributed by atoms with Gasteiger partial charge in [-0.1, -0.05) is 19.9 Å². The van der Waals surface area contributed by atoms with Gasteiger partial charge in [0.1, 0.15) is 0 Å². The van der Waals surface area contributed by atoms with Crippen LogP contribution in [0.2, 0.25) is 0 Å². The first kappa shape index (κ1) is 9.66. The van der Waals surface area contributed by atoms with E-state index in [2.05, 4.69) is 24.9 Å². The van der Waals surface area contributed by atoms with Gasteiger partial charge in [-0.15, -0.1) is 0 Å². The third-order valence-electron chi connectivity index (χ3n) is 3.30. The van der Waals surface area contributed by atoms with E-state index in [1.165, 1.54) is 18.4 Å². The second kappa shape index (κ2) is 3.06. The molecule has 1 aromatic heterocycles. The minimum absolute atomic E-state index is 0.206. The summed E-state index contributed by atoms with van der Waals surface area (Å²) in [5.74, 6) is 0. The molecule has 0 unspecified atom stereocenters. The van der Waals surface area contributed by atoms with Crippen LogP contribution < -0.4 is 5.73 Å². The van der Waals surface area contributed by atoms with Gasteiger partial charge in [0.15, 0.2) is 0 Å². The van der Waals surface area contributed by atoms with Gasteiger partial charge < -0.3 is 5.73 Å². The van der Waals surface area contributed by atoms with Crippen molar-refractivity contribution in [1.82, 2.24) is 4.98 Å². The Labute approximate surface area is 85.5 Å². The van der Waals surface area contributed by atoms with Gasteiger partial charge in [0.05, 0.1) is 0 Å². The number of pyridine rings is 1. The maximum absolute atomic E-state index is 5.89. The zero-order valence-corrected chi connectivity index (χ0v) is 8.96. The van der Waals surface area contributed by atoms with Crippen molar-refractivity contribution in [1.29, 1.82) is 0 Å². The van der Waals surface area contributed by atoms with Crippen LogP contribution in [-0.4, -0.2) is 11.5 Å². The zero-order chi connectivity index (χ0) is 10.2. The van der Waals surface area contributed by atoms with E-state index in [4.69, 9.17) is 5.73 Å². The molecule has 0 aromatic carbocycles. The molecule has 76 valence electrons. The first-order chi connectivity index (χ1) is 6.58. The second-order valence-electron chi connectivity index (χ2n) is 5.24. The number of rotatable bonds is 2. The molecule has 2 nitrogen and oxygen atoms in total. The SMILES string of the molecule is CC1(C)CC(CN)(c2cccnc2)C1. The first-order valence-corrected chi connectivity index (χ1v) is 5.19. The summed E-state index contributed by atoms with van der Waals surface area (Å²) in [5, 5.41) is 0. The largest absolute Gasteiger partial charge is 0.330 e. The Morgan fingerprint density at radius 2 is 2.14 bits per heavy atom. The van der Waals surface area contributed by atoms with E-state index >= 15 is 0 Å². The van der Waals surface area contributed by atoms with E-state index in [0.29, 0.717) is 5.41 Å². The Morgan fingerprint density at radius 1 is 1.43 bits per heavy atom. The summed E-state index contributed by atoms with van der Waals surface area (Å²) < 4.78 is 0. The van der Waals surface area contributed by atoms with Crippen molar-refractivity contribution in [3.05, 3.63) is 30.1 Å². The molecule has 0 aliphatic heterocycles. The molecule has 0 radical (unpaired) electrons. The zero-order valence-electron chi connectivity index (χ0n) is 8.96. The Balaban J connectivity index is 2.25. The number of aromatic nitrogens is 1. The predicted octanol–water partition coefficient (Wildman–Crippen LogP) is 2.10. The minimum atomic E-state index is 0.206. The molecule has 2 heteroatoms. The number of nitrogens with two attached hydrogens (primary N) is 1. The lowest BCUT2D eigenvalue weighted by atomic mass is 9.52. The average Bonchev–Trinajstić information content (AvgIpc) is 2.15. The molecular formula is C12H18N2. The topological polar surface area (TPSA) is 38.9 Å². The van der Waals surface area contributed by atoms with Crippen LogP contribution in [0, 0.1) is 5.41 Å². The van der Waals surface area contributed by atoms with E-state index in [1.807, 2.05) is 18.5 Å². The van der Waals surface area contributed by atoms with Crippen LogP contribution >= 0.6 is 0 Å². The van der Waals surface area contributed by atoms with Gasteiger partial charge in [-0.25, -0.2) is 0 Å². The molecule has 0 atom stereocenters. The maximum Gasteiger partial charge on any atom is 0.0306 e. The molecule has 0 amide bonds. The monoisotopic (exact) mass is 190 g/mol. The molecular weight excluding hydrogens is 172 g/mol. The molecule has 0 bridgehead atoms. The van der Waals surface area contributed by atoms with Crippen LogP contribution in [0.25, 0.3) is 0 Å². The lowest BCUT2D eigenvalue weighted by molar-refractivity contribution is 0.0631. The van der Waals surface area contributed by atoms with Crippen molar-refractivity contribution in [2.45, 2.75) is 32.1 Å². The summed E-state index contributed by atoms with van der Waals surface area (Å²) in [6, 6.07) is 4.15. The van der Waals surface area contributed by atoms with Crippen LogP contribution in [0.4, 0.5) is 0 Å². The average molecular weight is 190 g/mol. The third-order valence-corrected chi connectivity index (χ3v) is 3.30. The van der Waals surface area contributed by atoms with Crippen LogP contribution in [0.15, 0.2) is 24.5 Å². The molecule has 2 N–H and O–H groups in total.